The fraction of sp³-hybridized carbons (Fsp3) is 0.833. The highest BCUT2D eigenvalue weighted by atomic mass is 15.6. The minimum absolute atomic E-state index is 0.731. The lowest BCUT2D eigenvalue weighted by Gasteiger charge is -2.41. The van der Waals surface area contributed by atoms with Gasteiger partial charge in [0.05, 0.1) is 0 Å². The Hall–Kier alpha value is -0.540. The van der Waals surface area contributed by atoms with Crippen LogP contribution in [0, 0.1) is 5.92 Å². The zero-order valence-electron chi connectivity index (χ0n) is 9.95. The maximum Gasteiger partial charge on any atom is 0.0345 e. The number of nitrogens with one attached hydrogen (secondary N) is 1. The standard InChI is InChI=1S/C12H23N3/c1-11-3-7-14(8-4-11)15-9-5-12(13-2)6-10-15/h3,7,11-13H,4-6,8-10H2,1-2H3. The molecule has 2 aliphatic heterocycles. The van der Waals surface area contributed by atoms with Crippen LogP contribution in [-0.2, 0) is 0 Å². The minimum atomic E-state index is 0.731. The molecule has 0 saturated carbocycles. The van der Waals surface area contributed by atoms with Crippen LogP contribution in [0.15, 0.2) is 12.3 Å². The second-order valence-corrected chi connectivity index (χ2v) is 4.79. The summed E-state index contributed by atoms with van der Waals surface area (Å²) in [5.41, 5.74) is 0. The number of allylic oxidation sites excluding steroid dienone is 1. The van der Waals surface area contributed by atoms with Gasteiger partial charge < -0.3 is 10.3 Å². The lowest BCUT2D eigenvalue weighted by molar-refractivity contribution is -0.0101. The average Bonchev–Trinajstić information content (AvgIpc) is 2.30. The molecule has 1 N–H and O–H groups in total. The molecule has 1 saturated heterocycles. The second kappa shape index (κ2) is 4.99. The lowest BCUT2D eigenvalue weighted by Crippen LogP contribution is -2.49. The van der Waals surface area contributed by atoms with E-state index in [1.807, 2.05) is 0 Å². The first-order chi connectivity index (χ1) is 7.29. The van der Waals surface area contributed by atoms with Crippen molar-refractivity contribution in [2.75, 3.05) is 26.7 Å². The molecule has 0 amide bonds. The predicted octanol–water partition coefficient (Wildman–Crippen LogP) is 1.44. The van der Waals surface area contributed by atoms with E-state index in [9.17, 15) is 0 Å². The summed E-state index contributed by atoms with van der Waals surface area (Å²) in [7, 11) is 2.07. The quantitative estimate of drug-likeness (QED) is 0.742. The Bertz CT molecular complexity index is 219. The van der Waals surface area contributed by atoms with E-state index in [0.29, 0.717) is 0 Å². The molecule has 0 aromatic rings. The van der Waals surface area contributed by atoms with Crippen molar-refractivity contribution in [2.45, 2.75) is 32.2 Å². The Kier molecular flexibility index (Phi) is 3.65. The molecule has 0 radical (unpaired) electrons. The van der Waals surface area contributed by atoms with Gasteiger partial charge in [0.25, 0.3) is 0 Å². The first kappa shape index (κ1) is 11.0. The van der Waals surface area contributed by atoms with Crippen molar-refractivity contribution in [3.05, 3.63) is 12.3 Å². The number of nitrogens with zero attached hydrogens (tertiary/aromatic N) is 2. The number of hydrogen-bond acceptors (Lipinski definition) is 3. The summed E-state index contributed by atoms with van der Waals surface area (Å²) in [6.07, 6.45) is 8.44. The normalized spacial score (nSPS) is 29.7. The molecule has 3 heteroatoms. The molecule has 1 atom stereocenters. The molecule has 0 aromatic heterocycles. The molecule has 2 aliphatic rings. The molecule has 15 heavy (non-hydrogen) atoms. The van der Waals surface area contributed by atoms with Gasteiger partial charge in [0.1, 0.15) is 0 Å². The van der Waals surface area contributed by atoms with Crippen LogP contribution in [-0.4, -0.2) is 42.7 Å². The van der Waals surface area contributed by atoms with Crippen LogP contribution in [0.5, 0.6) is 0 Å². The molecule has 86 valence electrons. The Labute approximate surface area is 93.1 Å². The molecule has 0 aromatic carbocycles. The smallest absolute Gasteiger partial charge is 0.0345 e. The van der Waals surface area contributed by atoms with E-state index in [1.54, 1.807) is 0 Å². The van der Waals surface area contributed by atoms with Crippen LogP contribution in [0.4, 0.5) is 0 Å². The number of piperidine rings is 1. The molecule has 1 fully saturated rings. The van der Waals surface area contributed by atoms with E-state index in [0.717, 1.165) is 12.0 Å². The second-order valence-electron chi connectivity index (χ2n) is 4.79. The molecule has 3 nitrogen and oxygen atoms in total. The van der Waals surface area contributed by atoms with E-state index < -0.39 is 0 Å². The molecular formula is C12H23N3. The van der Waals surface area contributed by atoms with Crippen LogP contribution >= 0.6 is 0 Å². The van der Waals surface area contributed by atoms with Crippen molar-refractivity contribution >= 4 is 0 Å². The third-order valence-electron chi connectivity index (χ3n) is 3.64. The van der Waals surface area contributed by atoms with Crippen LogP contribution < -0.4 is 5.32 Å². The zero-order valence-corrected chi connectivity index (χ0v) is 9.95. The van der Waals surface area contributed by atoms with Crippen molar-refractivity contribution in [3.8, 4) is 0 Å². The molecule has 1 unspecified atom stereocenters. The SMILES string of the molecule is CNC1CCN(N2C=CC(C)CC2)CC1. The summed E-state index contributed by atoms with van der Waals surface area (Å²) < 4.78 is 0. The minimum Gasteiger partial charge on any atom is -0.317 e. The molecule has 2 rings (SSSR count). The molecular weight excluding hydrogens is 186 g/mol. The van der Waals surface area contributed by atoms with Crippen molar-refractivity contribution in [2.24, 2.45) is 5.92 Å². The van der Waals surface area contributed by atoms with Gasteiger partial charge in [-0.2, -0.15) is 0 Å². The molecule has 2 heterocycles. The van der Waals surface area contributed by atoms with Gasteiger partial charge in [-0.25, -0.2) is 5.01 Å². The fourth-order valence-corrected chi connectivity index (χ4v) is 2.40. The Balaban J connectivity index is 1.83. The number of rotatable bonds is 2. The Morgan fingerprint density at radius 3 is 2.40 bits per heavy atom. The zero-order chi connectivity index (χ0) is 10.7. The Morgan fingerprint density at radius 2 is 1.87 bits per heavy atom. The topological polar surface area (TPSA) is 18.5 Å². The van der Waals surface area contributed by atoms with Crippen molar-refractivity contribution < 1.29 is 0 Å². The maximum absolute atomic E-state index is 3.37. The largest absolute Gasteiger partial charge is 0.317 e. The highest BCUT2D eigenvalue weighted by molar-refractivity contribution is 4.92. The predicted molar refractivity (Wildman–Crippen MR) is 63.3 cm³/mol. The monoisotopic (exact) mass is 209 g/mol. The number of hydrazine groups is 1. The van der Waals surface area contributed by atoms with Crippen LogP contribution in [0.3, 0.4) is 0 Å². The fourth-order valence-electron chi connectivity index (χ4n) is 2.40. The Morgan fingerprint density at radius 1 is 1.13 bits per heavy atom. The van der Waals surface area contributed by atoms with Crippen LogP contribution in [0.1, 0.15) is 26.2 Å². The van der Waals surface area contributed by atoms with Gasteiger partial charge in [-0.05, 0) is 32.2 Å². The van der Waals surface area contributed by atoms with E-state index in [1.165, 1.54) is 38.9 Å². The lowest BCUT2D eigenvalue weighted by atomic mass is 10.0. The van der Waals surface area contributed by atoms with E-state index in [2.05, 4.69) is 41.6 Å². The highest BCUT2D eigenvalue weighted by Crippen LogP contribution is 2.18. The number of hydrogen-bond donors (Lipinski definition) is 1. The summed E-state index contributed by atoms with van der Waals surface area (Å²) in [6, 6.07) is 0.731. The van der Waals surface area contributed by atoms with E-state index in [4.69, 9.17) is 0 Å². The summed E-state index contributed by atoms with van der Waals surface area (Å²) in [5.74, 6) is 0.760. The van der Waals surface area contributed by atoms with Crippen LogP contribution in [0.25, 0.3) is 0 Å². The molecule has 0 spiro atoms. The van der Waals surface area contributed by atoms with Gasteiger partial charge in [-0.3, -0.25) is 0 Å². The summed E-state index contributed by atoms with van der Waals surface area (Å²) >= 11 is 0. The molecule has 0 aliphatic carbocycles. The third-order valence-corrected chi connectivity index (χ3v) is 3.64. The van der Waals surface area contributed by atoms with Gasteiger partial charge >= 0.3 is 0 Å². The third kappa shape index (κ3) is 2.73. The van der Waals surface area contributed by atoms with Crippen molar-refractivity contribution in [1.82, 2.24) is 15.3 Å². The van der Waals surface area contributed by atoms with Crippen molar-refractivity contribution in [3.63, 3.8) is 0 Å². The van der Waals surface area contributed by atoms with E-state index >= 15 is 0 Å². The van der Waals surface area contributed by atoms with Gasteiger partial charge in [0, 0.05) is 31.9 Å². The summed E-state index contributed by atoms with van der Waals surface area (Å²) in [4.78, 5) is 0. The summed E-state index contributed by atoms with van der Waals surface area (Å²) in [5, 5.41) is 8.28. The summed E-state index contributed by atoms with van der Waals surface area (Å²) in [6.45, 7) is 5.89. The van der Waals surface area contributed by atoms with Crippen LogP contribution in [0.2, 0.25) is 0 Å². The van der Waals surface area contributed by atoms with Gasteiger partial charge in [0.15, 0.2) is 0 Å². The average molecular weight is 209 g/mol. The maximum atomic E-state index is 3.37. The van der Waals surface area contributed by atoms with Gasteiger partial charge in [-0.1, -0.05) is 13.0 Å². The molecule has 0 bridgehead atoms. The van der Waals surface area contributed by atoms with E-state index in [-0.39, 0.29) is 0 Å². The first-order valence-electron chi connectivity index (χ1n) is 6.16. The first-order valence-corrected chi connectivity index (χ1v) is 6.16. The highest BCUT2D eigenvalue weighted by Gasteiger charge is 2.22. The van der Waals surface area contributed by atoms with Crippen molar-refractivity contribution in [1.29, 1.82) is 0 Å². The van der Waals surface area contributed by atoms with Gasteiger partial charge in [0.2, 0.25) is 0 Å². The van der Waals surface area contributed by atoms with Gasteiger partial charge in [-0.15, -0.1) is 0 Å².